The van der Waals surface area contributed by atoms with Crippen molar-refractivity contribution in [1.29, 1.82) is 0 Å². The summed E-state index contributed by atoms with van der Waals surface area (Å²) in [6.45, 7) is 9.00. The van der Waals surface area contributed by atoms with Crippen LogP contribution in [-0.4, -0.2) is 4.98 Å². The third-order valence-electron chi connectivity index (χ3n) is 5.74. The molecule has 0 fully saturated rings. The quantitative estimate of drug-likeness (QED) is 0.313. The van der Waals surface area contributed by atoms with Crippen LogP contribution in [0.1, 0.15) is 31.9 Å². The molecule has 0 atom stereocenters. The molecule has 1 aromatic heterocycles. The van der Waals surface area contributed by atoms with Crippen molar-refractivity contribution in [3.63, 3.8) is 0 Å². The third-order valence-corrected chi connectivity index (χ3v) is 5.74. The standard InChI is InChI=1S/C26H23N/c1-16-23-20-12-6-5-11-19(20)21-13-8-14-22(24(21)23)27-25(16)17-9-7-10-18(15-17)26(2,3)4/h5-15H,1-4H3. The first kappa shape index (κ1) is 16.3. The molecule has 0 spiro atoms. The highest BCUT2D eigenvalue weighted by Crippen LogP contribution is 2.49. The van der Waals surface area contributed by atoms with E-state index in [1.54, 1.807) is 0 Å². The molecule has 5 rings (SSSR count). The molecule has 1 heterocycles. The fourth-order valence-electron chi connectivity index (χ4n) is 4.32. The smallest absolute Gasteiger partial charge is 0.0745 e. The average Bonchev–Trinajstić information content (AvgIpc) is 3.00. The zero-order valence-electron chi connectivity index (χ0n) is 16.3. The Morgan fingerprint density at radius 2 is 1.44 bits per heavy atom. The molecule has 0 saturated carbocycles. The molecule has 3 aromatic carbocycles. The highest BCUT2D eigenvalue weighted by atomic mass is 14.7. The van der Waals surface area contributed by atoms with Gasteiger partial charge < -0.3 is 0 Å². The molecule has 4 aromatic rings. The van der Waals surface area contributed by atoms with Gasteiger partial charge in [0.2, 0.25) is 0 Å². The Bertz CT molecular complexity index is 1210. The molecule has 0 saturated heterocycles. The zero-order chi connectivity index (χ0) is 18.8. The van der Waals surface area contributed by atoms with Gasteiger partial charge in [-0.25, -0.2) is 4.98 Å². The maximum Gasteiger partial charge on any atom is 0.0745 e. The summed E-state index contributed by atoms with van der Waals surface area (Å²) in [6.07, 6.45) is 0. The Hall–Kier alpha value is -2.93. The van der Waals surface area contributed by atoms with Gasteiger partial charge in [-0.15, -0.1) is 0 Å². The fraction of sp³-hybridized carbons (Fsp3) is 0.192. The largest absolute Gasteiger partial charge is 0.247 e. The SMILES string of the molecule is Cc1c(-c2cccc(C(C)(C)C)c2)nc2cccc3c2c1-c1ccccc1-3. The molecule has 0 N–H and O–H groups in total. The van der Waals surface area contributed by atoms with E-state index < -0.39 is 0 Å². The topological polar surface area (TPSA) is 12.9 Å². The molecule has 1 aliphatic carbocycles. The Balaban J connectivity index is 1.84. The van der Waals surface area contributed by atoms with Crippen molar-refractivity contribution in [2.75, 3.05) is 0 Å². The normalized spacial score (nSPS) is 12.4. The lowest BCUT2D eigenvalue weighted by atomic mass is 9.85. The van der Waals surface area contributed by atoms with E-state index in [1.165, 1.54) is 44.3 Å². The summed E-state index contributed by atoms with van der Waals surface area (Å²) < 4.78 is 0. The molecule has 0 bridgehead atoms. The number of benzene rings is 3. The Morgan fingerprint density at radius 1 is 0.741 bits per heavy atom. The summed E-state index contributed by atoms with van der Waals surface area (Å²) in [7, 11) is 0. The number of hydrogen-bond donors (Lipinski definition) is 0. The van der Waals surface area contributed by atoms with E-state index in [1.807, 2.05) is 0 Å². The van der Waals surface area contributed by atoms with Crippen LogP contribution in [0.25, 0.3) is 44.4 Å². The van der Waals surface area contributed by atoms with E-state index in [0.717, 1.165) is 11.2 Å². The maximum atomic E-state index is 5.11. The molecular formula is C26H23N. The minimum atomic E-state index is 0.122. The lowest BCUT2D eigenvalue weighted by molar-refractivity contribution is 0.590. The van der Waals surface area contributed by atoms with E-state index >= 15 is 0 Å². The first-order chi connectivity index (χ1) is 12.9. The number of hydrogen-bond acceptors (Lipinski definition) is 1. The van der Waals surface area contributed by atoms with Crippen LogP contribution in [0.4, 0.5) is 0 Å². The van der Waals surface area contributed by atoms with Crippen molar-refractivity contribution in [3.8, 4) is 33.5 Å². The second-order valence-electron chi connectivity index (χ2n) is 8.54. The van der Waals surface area contributed by atoms with Crippen LogP contribution >= 0.6 is 0 Å². The summed E-state index contributed by atoms with van der Waals surface area (Å²) in [5.74, 6) is 0. The summed E-state index contributed by atoms with van der Waals surface area (Å²) in [4.78, 5) is 5.11. The molecule has 0 radical (unpaired) electrons. The molecule has 132 valence electrons. The molecule has 1 aliphatic rings. The fourth-order valence-corrected chi connectivity index (χ4v) is 4.32. The highest BCUT2D eigenvalue weighted by molar-refractivity contribution is 6.16. The van der Waals surface area contributed by atoms with E-state index in [2.05, 4.69) is 94.4 Å². The van der Waals surface area contributed by atoms with Crippen molar-refractivity contribution in [1.82, 2.24) is 4.98 Å². The second-order valence-corrected chi connectivity index (χ2v) is 8.54. The van der Waals surface area contributed by atoms with Crippen LogP contribution in [0.15, 0.2) is 66.7 Å². The molecule has 1 heteroatoms. The molecule has 27 heavy (non-hydrogen) atoms. The van der Waals surface area contributed by atoms with Gasteiger partial charge in [0.1, 0.15) is 0 Å². The van der Waals surface area contributed by atoms with Gasteiger partial charge in [-0.2, -0.15) is 0 Å². The lowest BCUT2D eigenvalue weighted by Crippen LogP contribution is -2.10. The summed E-state index contributed by atoms with van der Waals surface area (Å²) >= 11 is 0. The van der Waals surface area contributed by atoms with Gasteiger partial charge in [0, 0.05) is 10.9 Å². The first-order valence-corrected chi connectivity index (χ1v) is 9.59. The summed E-state index contributed by atoms with van der Waals surface area (Å²) in [5, 5.41) is 1.30. The van der Waals surface area contributed by atoms with Crippen molar-refractivity contribution >= 4 is 10.9 Å². The predicted molar refractivity (Wildman–Crippen MR) is 115 cm³/mol. The molecular weight excluding hydrogens is 326 g/mol. The zero-order valence-corrected chi connectivity index (χ0v) is 16.3. The third kappa shape index (κ3) is 2.35. The van der Waals surface area contributed by atoms with E-state index in [9.17, 15) is 0 Å². The first-order valence-electron chi connectivity index (χ1n) is 9.59. The monoisotopic (exact) mass is 349 g/mol. The summed E-state index contributed by atoms with van der Waals surface area (Å²) in [5.41, 5.74) is 11.4. The predicted octanol–water partition coefficient (Wildman–Crippen LogP) is 7.16. The van der Waals surface area contributed by atoms with Gasteiger partial charge in [-0.05, 0) is 57.9 Å². The van der Waals surface area contributed by atoms with Crippen LogP contribution in [-0.2, 0) is 5.41 Å². The second kappa shape index (κ2) is 5.53. The number of pyridine rings is 1. The van der Waals surface area contributed by atoms with Gasteiger partial charge in [0.25, 0.3) is 0 Å². The highest BCUT2D eigenvalue weighted by Gasteiger charge is 2.25. The number of rotatable bonds is 1. The van der Waals surface area contributed by atoms with Crippen LogP contribution in [0.5, 0.6) is 0 Å². The van der Waals surface area contributed by atoms with Gasteiger partial charge in [-0.1, -0.05) is 75.4 Å². The van der Waals surface area contributed by atoms with Crippen molar-refractivity contribution in [2.45, 2.75) is 33.1 Å². The Labute approximate surface area is 160 Å². The van der Waals surface area contributed by atoms with Crippen molar-refractivity contribution in [2.24, 2.45) is 0 Å². The van der Waals surface area contributed by atoms with Crippen LogP contribution in [0.3, 0.4) is 0 Å². The maximum absolute atomic E-state index is 5.11. The molecule has 0 aliphatic heterocycles. The van der Waals surface area contributed by atoms with Crippen LogP contribution in [0.2, 0.25) is 0 Å². The van der Waals surface area contributed by atoms with Crippen molar-refractivity contribution in [3.05, 3.63) is 77.9 Å². The van der Waals surface area contributed by atoms with E-state index in [4.69, 9.17) is 4.98 Å². The lowest BCUT2D eigenvalue weighted by Gasteiger charge is -2.20. The Morgan fingerprint density at radius 3 is 2.22 bits per heavy atom. The number of fused-ring (bicyclic) bond motifs is 3. The van der Waals surface area contributed by atoms with Gasteiger partial charge in [0.15, 0.2) is 0 Å². The number of aromatic nitrogens is 1. The van der Waals surface area contributed by atoms with Crippen LogP contribution < -0.4 is 0 Å². The average molecular weight is 349 g/mol. The van der Waals surface area contributed by atoms with Gasteiger partial charge in [-0.3, -0.25) is 0 Å². The van der Waals surface area contributed by atoms with E-state index in [0.29, 0.717) is 0 Å². The van der Waals surface area contributed by atoms with Crippen molar-refractivity contribution < 1.29 is 0 Å². The van der Waals surface area contributed by atoms with Gasteiger partial charge in [0.05, 0.1) is 11.2 Å². The van der Waals surface area contributed by atoms with Crippen LogP contribution in [0, 0.1) is 6.92 Å². The van der Waals surface area contributed by atoms with Gasteiger partial charge >= 0.3 is 0 Å². The Kier molecular flexibility index (Phi) is 3.33. The minimum absolute atomic E-state index is 0.122. The molecule has 1 nitrogen and oxygen atoms in total. The number of nitrogens with zero attached hydrogens (tertiary/aromatic N) is 1. The van der Waals surface area contributed by atoms with E-state index in [-0.39, 0.29) is 5.41 Å². The molecule has 0 unspecified atom stereocenters. The minimum Gasteiger partial charge on any atom is -0.247 e. The molecule has 0 amide bonds. The summed E-state index contributed by atoms with van der Waals surface area (Å²) in [6, 6.07) is 24.1.